The van der Waals surface area contributed by atoms with Crippen molar-refractivity contribution in [1.82, 2.24) is 0 Å². The molecule has 0 saturated carbocycles. The molecule has 21 heavy (non-hydrogen) atoms. The van der Waals surface area contributed by atoms with Crippen LogP contribution in [0.2, 0.25) is 0 Å². The molecule has 0 unspecified atom stereocenters. The van der Waals surface area contributed by atoms with E-state index in [1.165, 1.54) is 5.56 Å². The summed E-state index contributed by atoms with van der Waals surface area (Å²) in [6, 6.07) is 23.0. The molecule has 3 aromatic rings. The summed E-state index contributed by atoms with van der Waals surface area (Å²) in [6.07, 6.45) is 0. The van der Waals surface area contributed by atoms with Crippen LogP contribution in [0.15, 0.2) is 72.8 Å². The smallest absolute Gasteiger partial charge is 0.336 e. The molecule has 1 radical (unpaired) electrons. The van der Waals surface area contributed by atoms with Crippen LogP contribution in [0.25, 0.3) is 10.8 Å². The van der Waals surface area contributed by atoms with E-state index in [1.54, 1.807) is 12.1 Å². The van der Waals surface area contributed by atoms with Gasteiger partial charge in [-0.2, -0.15) is 0 Å². The Balaban J connectivity index is 0.000000236. The van der Waals surface area contributed by atoms with Crippen LogP contribution in [0.4, 0.5) is 0 Å². The van der Waals surface area contributed by atoms with Gasteiger partial charge in [-0.05, 0) is 23.8 Å². The number of carboxylic acid groups (broad SMARTS) is 1. The first-order valence-corrected chi connectivity index (χ1v) is 6.41. The van der Waals surface area contributed by atoms with E-state index in [0.717, 1.165) is 10.8 Å². The minimum Gasteiger partial charge on any atom is -0.478 e. The molecule has 0 aliphatic carbocycles. The number of aromatic carboxylic acids is 1. The van der Waals surface area contributed by atoms with E-state index in [9.17, 15) is 4.79 Å². The Morgan fingerprint density at radius 1 is 0.810 bits per heavy atom. The van der Waals surface area contributed by atoms with Gasteiger partial charge in [0.25, 0.3) is 0 Å². The molecular formula is C18H16CuO2. The summed E-state index contributed by atoms with van der Waals surface area (Å²) in [7, 11) is 0. The molecule has 0 bridgehead atoms. The Kier molecular flexibility index (Phi) is 6.67. The number of benzene rings is 3. The second kappa shape index (κ2) is 8.25. The van der Waals surface area contributed by atoms with Gasteiger partial charge < -0.3 is 5.11 Å². The van der Waals surface area contributed by atoms with Crippen LogP contribution in [0.3, 0.4) is 0 Å². The fourth-order valence-corrected chi connectivity index (χ4v) is 1.95. The first-order valence-electron chi connectivity index (χ1n) is 6.41. The third-order valence-corrected chi connectivity index (χ3v) is 2.96. The molecule has 3 heteroatoms. The Labute approximate surface area is 134 Å². The van der Waals surface area contributed by atoms with Gasteiger partial charge >= 0.3 is 5.97 Å². The number of carbonyl (C=O) groups is 1. The van der Waals surface area contributed by atoms with Crippen molar-refractivity contribution in [1.29, 1.82) is 0 Å². The van der Waals surface area contributed by atoms with Crippen LogP contribution in [-0.4, -0.2) is 11.1 Å². The third-order valence-electron chi connectivity index (χ3n) is 2.96. The summed E-state index contributed by atoms with van der Waals surface area (Å²) in [5.74, 6) is -0.878. The van der Waals surface area contributed by atoms with E-state index in [4.69, 9.17) is 5.11 Å². The monoisotopic (exact) mass is 327 g/mol. The topological polar surface area (TPSA) is 37.3 Å². The summed E-state index contributed by atoms with van der Waals surface area (Å²) < 4.78 is 0. The van der Waals surface area contributed by atoms with Gasteiger partial charge in [0.2, 0.25) is 0 Å². The molecule has 0 atom stereocenters. The van der Waals surface area contributed by atoms with Crippen LogP contribution in [0.1, 0.15) is 15.9 Å². The van der Waals surface area contributed by atoms with Gasteiger partial charge in [-0.3, -0.25) is 0 Å². The largest absolute Gasteiger partial charge is 0.478 e. The van der Waals surface area contributed by atoms with Crippen molar-refractivity contribution < 1.29 is 27.0 Å². The maximum atomic E-state index is 10.8. The second-order valence-electron chi connectivity index (χ2n) is 4.49. The van der Waals surface area contributed by atoms with Gasteiger partial charge in [0.1, 0.15) is 0 Å². The quantitative estimate of drug-likeness (QED) is 0.667. The number of hydrogen-bond donors (Lipinski definition) is 1. The minimum atomic E-state index is -0.878. The Bertz CT molecular complexity index is 703. The second-order valence-corrected chi connectivity index (χ2v) is 4.49. The first kappa shape index (κ1) is 17.0. The number of hydrogen-bond acceptors (Lipinski definition) is 1. The summed E-state index contributed by atoms with van der Waals surface area (Å²) in [5, 5.41) is 10.6. The van der Waals surface area contributed by atoms with Crippen LogP contribution >= 0.6 is 0 Å². The predicted molar refractivity (Wildman–Crippen MR) is 82.1 cm³/mol. The number of fused-ring (bicyclic) bond motifs is 1. The van der Waals surface area contributed by atoms with Gasteiger partial charge in [-0.1, -0.05) is 72.3 Å². The number of aryl methyl sites for hydroxylation is 1. The first-order chi connectivity index (χ1) is 9.68. The molecule has 0 heterocycles. The van der Waals surface area contributed by atoms with E-state index < -0.39 is 5.97 Å². The molecule has 1 N–H and O–H groups in total. The van der Waals surface area contributed by atoms with Gasteiger partial charge in [0.15, 0.2) is 0 Å². The molecule has 111 valence electrons. The van der Waals surface area contributed by atoms with Crippen molar-refractivity contribution in [3.63, 3.8) is 0 Å². The molecule has 0 aliphatic rings. The maximum absolute atomic E-state index is 10.8. The molecular weight excluding hydrogens is 312 g/mol. The van der Waals surface area contributed by atoms with Crippen LogP contribution in [0.5, 0.6) is 0 Å². The van der Waals surface area contributed by atoms with Crippen LogP contribution < -0.4 is 0 Å². The van der Waals surface area contributed by atoms with E-state index in [-0.39, 0.29) is 17.1 Å². The van der Waals surface area contributed by atoms with Gasteiger partial charge in [0.05, 0.1) is 5.56 Å². The molecule has 3 rings (SSSR count). The molecule has 0 aromatic heterocycles. The molecule has 0 spiro atoms. The summed E-state index contributed by atoms with van der Waals surface area (Å²) >= 11 is 0. The molecule has 0 aliphatic heterocycles. The molecule has 0 fully saturated rings. The van der Waals surface area contributed by atoms with Crippen molar-refractivity contribution in [2.75, 3.05) is 0 Å². The standard InChI is InChI=1S/C11H8O2.C7H8.Cu/c12-11(13)10-7-3-5-8-4-1-2-6-9(8)10;1-7-5-3-2-4-6-7;/h1-7H,(H,12,13);2-6H,1H3;. The minimum absolute atomic E-state index is 0. The number of carboxylic acids is 1. The average molecular weight is 328 g/mol. The van der Waals surface area contributed by atoms with Gasteiger partial charge in [-0.25, -0.2) is 4.79 Å². The fraction of sp³-hybridized carbons (Fsp3) is 0.0556. The van der Waals surface area contributed by atoms with E-state index in [1.807, 2.05) is 48.5 Å². The molecule has 0 amide bonds. The average Bonchev–Trinajstić information content (AvgIpc) is 2.48. The molecule has 2 nitrogen and oxygen atoms in total. The third kappa shape index (κ3) is 4.74. The van der Waals surface area contributed by atoms with Crippen LogP contribution in [0, 0.1) is 6.92 Å². The normalized spacial score (nSPS) is 9.19. The van der Waals surface area contributed by atoms with Crippen molar-refractivity contribution in [2.24, 2.45) is 0 Å². The molecule has 0 saturated heterocycles. The van der Waals surface area contributed by atoms with E-state index >= 15 is 0 Å². The predicted octanol–water partition coefficient (Wildman–Crippen LogP) is 4.53. The Hall–Kier alpha value is -2.09. The maximum Gasteiger partial charge on any atom is 0.336 e. The summed E-state index contributed by atoms with van der Waals surface area (Å²) in [5.41, 5.74) is 1.68. The van der Waals surface area contributed by atoms with Crippen molar-refractivity contribution >= 4 is 16.7 Å². The summed E-state index contributed by atoms with van der Waals surface area (Å²) in [6.45, 7) is 2.08. The van der Waals surface area contributed by atoms with Crippen LogP contribution in [-0.2, 0) is 17.1 Å². The van der Waals surface area contributed by atoms with E-state index in [0.29, 0.717) is 5.56 Å². The fourth-order valence-electron chi connectivity index (χ4n) is 1.95. The zero-order valence-electron chi connectivity index (χ0n) is 11.6. The molecule has 3 aromatic carbocycles. The van der Waals surface area contributed by atoms with Crippen molar-refractivity contribution in [2.45, 2.75) is 6.92 Å². The van der Waals surface area contributed by atoms with Gasteiger partial charge in [-0.15, -0.1) is 0 Å². The summed E-state index contributed by atoms with van der Waals surface area (Å²) in [4.78, 5) is 10.8. The SMILES string of the molecule is Cc1ccccc1.O=C(O)c1cccc2ccccc12.[Cu]. The van der Waals surface area contributed by atoms with Crippen molar-refractivity contribution in [3.8, 4) is 0 Å². The van der Waals surface area contributed by atoms with E-state index in [2.05, 4.69) is 19.1 Å². The van der Waals surface area contributed by atoms with Crippen molar-refractivity contribution in [3.05, 3.63) is 83.9 Å². The zero-order chi connectivity index (χ0) is 14.4. The zero-order valence-corrected chi connectivity index (χ0v) is 12.5. The Morgan fingerprint density at radius 3 is 1.95 bits per heavy atom. The Morgan fingerprint density at radius 2 is 1.38 bits per heavy atom. The number of rotatable bonds is 1. The van der Waals surface area contributed by atoms with Gasteiger partial charge in [0, 0.05) is 17.1 Å².